The average Bonchev–Trinajstić information content (AvgIpc) is 3.42. The van der Waals surface area contributed by atoms with Crippen molar-refractivity contribution in [2.24, 2.45) is 12.1 Å². The predicted molar refractivity (Wildman–Crippen MR) is 119 cm³/mol. The lowest BCUT2D eigenvalue weighted by Crippen LogP contribution is -2.25. The second-order valence-corrected chi connectivity index (χ2v) is 8.18. The average molecular weight is 469 g/mol. The van der Waals surface area contributed by atoms with Gasteiger partial charge in [0.15, 0.2) is 0 Å². The zero-order valence-electron chi connectivity index (χ0n) is 16.7. The summed E-state index contributed by atoms with van der Waals surface area (Å²) in [5.41, 5.74) is 5.01. The zero-order chi connectivity index (χ0) is 22.5. The molecule has 1 amide bonds. The summed E-state index contributed by atoms with van der Waals surface area (Å²) in [7, 11) is 1.69. The molecule has 1 N–H and O–H groups in total. The number of amides is 1. The van der Waals surface area contributed by atoms with Crippen molar-refractivity contribution in [2.75, 3.05) is 5.75 Å². The smallest absolute Gasteiger partial charge is 0.269 e. The third kappa shape index (κ3) is 4.73. The first kappa shape index (κ1) is 21.4. The van der Waals surface area contributed by atoms with E-state index in [0.29, 0.717) is 9.96 Å². The number of carbonyl (C=O) groups is 1. The van der Waals surface area contributed by atoms with Gasteiger partial charge >= 0.3 is 0 Å². The summed E-state index contributed by atoms with van der Waals surface area (Å²) in [5, 5.41) is 28.8. The number of nitro benzene ring substituents is 1. The molecule has 0 aliphatic heterocycles. The predicted octanol–water partition coefficient (Wildman–Crippen LogP) is 2.36. The number of nitrogens with one attached hydrogen (secondary N) is 1. The fourth-order valence-corrected chi connectivity index (χ4v) is 4.30. The third-order valence-electron chi connectivity index (χ3n) is 4.29. The Morgan fingerprint density at radius 1 is 1.22 bits per heavy atom. The largest absolute Gasteiger partial charge is 0.284 e. The molecule has 11 nitrogen and oxygen atoms in total. The highest BCUT2D eigenvalue weighted by molar-refractivity contribution is 7.99. The van der Waals surface area contributed by atoms with Gasteiger partial charge in [-0.2, -0.15) is 0 Å². The van der Waals surface area contributed by atoms with Crippen molar-refractivity contribution in [3.63, 3.8) is 0 Å². The number of nitro groups is 1. The number of benzene rings is 2. The quantitative estimate of drug-likeness (QED) is 0.250. The Morgan fingerprint density at radius 3 is 2.62 bits per heavy atom. The lowest BCUT2D eigenvalue weighted by Gasteiger charge is -2.09. The second-order valence-electron chi connectivity index (χ2n) is 6.40. The summed E-state index contributed by atoms with van der Waals surface area (Å²) in [6.45, 7) is 0. The summed E-state index contributed by atoms with van der Waals surface area (Å²) >= 11 is 2.54. The molecule has 0 spiro atoms. The molecule has 0 aliphatic carbocycles. The molecule has 0 unspecified atom stereocenters. The number of thioether (sulfide) groups is 1. The van der Waals surface area contributed by atoms with Crippen LogP contribution in [0.4, 0.5) is 5.69 Å². The SMILES string of the molecule is Cn1nnnc1SCC(=O)N/N=c1/scc(-c2ccc([N+](=O)[O-])cc2)n1-c1ccccc1. The van der Waals surface area contributed by atoms with Gasteiger partial charge in [0.05, 0.1) is 16.4 Å². The molecule has 0 saturated heterocycles. The Hall–Kier alpha value is -3.84. The van der Waals surface area contributed by atoms with Gasteiger partial charge in [0.1, 0.15) is 0 Å². The molecule has 162 valence electrons. The van der Waals surface area contributed by atoms with E-state index in [-0.39, 0.29) is 17.3 Å². The van der Waals surface area contributed by atoms with Crippen LogP contribution in [0.5, 0.6) is 0 Å². The summed E-state index contributed by atoms with van der Waals surface area (Å²) in [6, 6.07) is 15.8. The number of rotatable bonds is 7. The Labute approximate surface area is 189 Å². The van der Waals surface area contributed by atoms with Gasteiger partial charge in [-0.15, -0.1) is 21.5 Å². The van der Waals surface area contributed by atoms with Gasteiger partial charge in [0, 0.05) is 30.2 Å². The third-order valence-corrected chi connectivity index (χ3v) is 6.12. The Kier molecular flexibility index (Phi) is 6.37. The monoisotopic (exact) mass is 468 g/mol. The Bertz CT molecular complexity index is 1310. The second kappa shape index (κ2) is 9.53. The lowest BCUT2D eigenvalue weighted by molar-refractivity contribution is -0.384. The molecule has 0 atom stereocenters. The fourth-order valence-electron chi connectivity index (χ4n) is 2.79. The van der Waals surface area contributed by atoms with Crippen molar-refractivity contribution in [1.29, 1.82) is 0 Å². The van der Waals surface area contributed by atoms with E-state index in [9.17, 15) is 14.9 Å². The maximum absolute atomic E-state index is 12.3. The first-order valence-corrected chi connectivity index (χ1v) is 11.1. The number of nitrogens with zero attached hydrogens (tertiary/aromatic N) is 7. The normalized spacial score (nSPS) is 11.5. The van der Waals surface area contributed by atoms with Crippen LogP contribution in [0.15, 0.2) is 70.2 Å². The molecule has 32 heavy (non-hydrogen) atoms. The van der Waals surface area contributed by atoms with Crippen molar-refractivity contribution in [3.8, 4) is 16.9 Å². The molecule has 2 heterocycles. The number of para-hydroxylation sites is 1. The first-order chi connectivity index (χ1) is 15.5. The van der Waals surface area contributed by atoms with Crippen LogP contribution in [0.3, 0.4) is 0 Å². The topological polar surface area (TPSA) is 133 Å². The van der Waals surface area contributed by atoms with Crippen molar-refractivity contribution >= 4 is 34.7 Å². The number of hydrogen-bond acceptors (Lipinski definition) is 9. The van der Waals surface area contributed by atoms with Gasteiger partial charge in [-0.05, 0) is 40.3 Å². The number of thiazole rings is 1. The summed E-state index contributed by atoms with van der Waals surface area (Å²) < 4.78 is 3.36. The first-order valence-electron chi connectivity index (χ1n) is 9.21. The van der Waals surface area contributed by atoms with Crippen LogP contribution in [0.2, 0.25) is 0 Å². The minimum atomic E-state index is -0.436. The number of non-ortho nitro benzene ring substituents is 1. The maximum atomic E-state index is 12.3. The van der Waals surface area contributed by atoms with Crippen LogP contribution in [0.1, 0.15) is 0 Å². The molecular formula is C19H16N8O3S2. The standard InChI is InChI=1S/C19H16N8O3S2/c1-25-18(22-23-24-25)32-12-17(28)20-21-19-26(14-5-3-2-4-6-14)16(11-31-19)13-7-9-15(10-8-13)27(29)30/h2-11H,12H2,1H3,(H,20,28)/b21-19+. The van der Waals surface area contributed by atoms with Gasteiger partial charge in [0.25, 0.3) is 11.6 Å². The van der Waals surface area contributed by atoms with Crippen molar-refractivity contribution < 1.29 is 9.72 Å². The molecule has 2 aromatic heterocycles. The van der Waals surface area contributed by atoms with E-state index in [1.807, 2.05) is 40.3 Å². The van der Waals surface area contributed by atoms with Crippen LogP contribution in [0.25, 0.3) is 16.9 Å². The van der Waals surface area contributed by atoms with E-state index in [4.69, 9.17) is 0 Å². The highest BCUT2D eigenvalue weighted by Gasteiger charge is 2.13. The van der Waals surface area contributed by atoms with Crippen molar-refractivity contribution in [2.45, 2.75) is 5.16 Å². The van der Waals surface area contributed by atoms with Gasteiger partial charge < -0.3 is 0 Å². The van der Waals surface area contributed by atoms with E-state index in [1.165, 1.54) is 39.9 Å². The van der Waals surface area contributed by atoms with Crippen LogP contribution < -0.4 is 10.2 Å². The number of aryl methyl sites for hydroxylation is 1. The van der Waals surface area contributed by atoms with E-state index in [2.05, 4.69) is 26.1 Å². The van der Waals surface area contributed by atoms with Crippen LogP contribution in [0, 0.1) is 10.1 Å². The van der Waals surface area contributed by atoms with Gasteiger partial charge in [-0.3, -0.25) is 19.5 Å². The van der Waals surface area contributed by atoms with E-state index >= 15 is 0 Å². The molecule has 0 fully saturated rings. The molecular weight excluding hydrogens is 452 g/mol. The van der Waals surface area contributed by atoms with Crippen LogP contribution >= 0.6 is 23.1 Å². The Morgan fingerprint density at radius 2 is 1.97 bits per heavy atom. The van der Waals surface area contributed by atoms with Gasteiger partial charge in [0.2, 0.25) is 9.96 Å². The number of tetrazole rings is 1. The van der Waals surface area contributed by atoms with Crippen molar-refractivity contribution in [1.82, 2.24) is 30.2 Å². The minimum Gasteiger partial charge on any atom is -0.284 e. The summed E-state index contributed by atoms with van der Waals surface area (Å²) in [5.74, 6) is -0.202. The highest BCUT2D eigenvalue weighted by Crippen LogP contribution is 2.25. The molecule has 0 aliphatic rings. The summed E-state index contributed by atoms with van der Waals surface area (Å²) in [4.78, 5) is 23.4. The summed E-state index contributed by atoms with van der Waals surface area (Å²) in [6.07, 6.45) is 0. The molecule has 13 heteroatoms. The maximum Gasteiger partial charge on any atom is 0.269 e. The molecule has 0 radical (unpaired) electrons. The van der Waals surface area contributed by atoms with Gasteiger partial charge in [-0.1, -0.05) is 30.0 Å². The zero-order valence-corrected chi connectivity index (χ0v) is 18.3. The van der Waals surface area contributed by atoms with Crippen LogP contribution in [-0.4, -0.2) is 41.4 Å². The molecule has 0 saturated carbocycles. The van der Waals surface area contributed by atoms with Crippen molar-refractivity contribution in [3.05, 3.63) is 74.9 Å². The fraction of sp³-hybridized carbons (Fsp3) is 0.105. The molecule has 4 aromatic rings. The van der Waals surface area contributed by atoms with Gasteiger partial charge in [-0.25, -0.2) is 10.1 Å². The van der Waals surface area contributed by atoms with E-state index in [0.717, 1.165) is 16.9 Å². The molecule has 4 rings (SSSR count). The number of carbonyl (C=O) groups excluding carboxylic acids is 1. The minimum absolute atomic E-state index is 0.0167. The Balaban J connectivity index is 1.62. The molecule has 2 aromatic carbocycles. The van der Waals surface area contributed by atoms with E-state index in [1.54, 1.807) is 19.2 Å². The highest BCUT2D eigenvalue weighted by atomic mass is 32.2. The molecule has 0 bridgehead atoms. The van der Waals surface area contributed by atoms with Crippen LogP contribution in [-0.2, 0) is 11.8 Å². The lowest BCUT2D eigenvalue weighted by atomic mass is 10.1. The number of hydrogen-bond donors (Lipinski definition) is 1. The van der Waals surface area contributed by atoms with E-state index < -0.39 is 4.92 Å². The number of aromatic nitrogens is 5.